The summed E-state index contributed by atoms with van der Waals surface area (Å²) in [6.07, 6.45) is 1.20. The summed E-state index contributed by atoms with van der Waals surface area (Å²) in [4.78, 5) is 0. The Balaban J connectivity index is 2.31. The van der Waals surface area contributed by atoms with E-state index in [9.17, 15) is 0 Å². The first-order chi connectivity index (χ1) is 7.33. The molecule has 88 valence electrons. The van der Waals surface area contributed by atoms with Crippen molar-refractivity contribution < 1.29 is 0 Å². The molecule has 1 aromatic rings. The molecule has 1 saturated carbocycles. The third-order valence-corrected chi connectivity index (χ3v) is 4.72. The molecule has 1 aliphatic rings. The van der Waals surface area contributed by atoms with Crippen LogP contribution in [0.5, 0.6) is 0 Å². The van der Waals surface area contributed by atoms with E-state index < -0.39 is 0 Å². The molecule has 0 amide bonds. The molecule has 1 aliphatic carbocycles. The minimum atomic E-state index is 0.0572. The minimum Gasteiger partial charge on any atom is -0.117 e. The Morgan fingerprint density at radius 1 is 1.25 bits per heavy atom. The largest absolute Gasteiger partial charge is 0.117 e. The Labute approximate surface area is 108 Å². The number of hydrogen-bond donors (Lipinski definition) is 0. The Hall–Kier alpha value is -0.200. The van der Waals surface area contributed by atoms with Crippen molar-refractivity contribution in [1.29, 1.82) is 0 Å². The van der Waals surface area contributed by atoms with Crippen LogP contribution in [0.1, 0.15) is 42.3 Å². The van der Waals surface area contributed by atoms with Crippen LogP contribution in [0, 0.1) is 25.2 Å². The summed E-state index contributed by atoms with van der Waals surface area (Å²) in [7, 11) is 0. The van der Waals surface area contributed by atoms with Crippen LogP contribution in [0.15, 0.2) is 12.1 Å². The third kappa shape index (κ3) is 2.10. The van der Waals surface area contributed by atoms with Crippen LogP contribution in [0.4, 0.5) is 0 Å². The summed E-state index contributed by atoms with van der Waals surface area (Å²) in [6, 6.07) is 4.17. The SMILES string of the molecule is Cc1cc(Cl)c(C(Cl)C2CC2(C)C)cc1C. The first-order valence-electron chi connectivity index (χ1n) is 5.73. The molecule has 1 fully saturated rings. The van der Waals surface area contributed by atoms with E-state index in [0.717, 1.165) is 10.6 Å². The minimum absolute atomic E-state index is 0.0572. The zero-order valence-electron chi connectivity index (χ0n) is 10.3. The van der Waals surface area contributed by atoms with Gasteiger partial charge in [-0.2, -0.15) is 0 Å². The standard InChI is InChI=1S/C14H18Cl2/c1-8-5-10(12(15)6-9(8)2)13(16)11-7-14(11,3)4/h5-6,11,13H,7H2,1-4H3. The van der Waals surface area contributed by atoms with Crippen molar-refractivity contribution in [2.45, 2.75) is 39.5 Å². The van der Waals surface area contributed by atoms with E-state index in [-0.39, 0.29) is 5.38 Å². The van der Waals surface area contributed by atoms with E-state index in [0.29, 0.717) is 11.3 Å². The van der Waals surface area contributed by atoms with E-state index in [4.69, 9.17) is 23.2 Å². The first kappa shape index (κ1) is 12.3. The van der Waals surface area contributed by atoms with Gasteiger partial charge in [-0.1, -0.05) is 31.5 Å². The molecule has 0 bridgehead atoms. The first-order valence-corrected chi connectivity index (χ1v) is 6.55. The molecule has 0 aliphatic heterocycles. The van der Waals surface area contributed by atoms with E-state index in [2.05, 4.69) is 33.8 Å². The number of hydrogen-bond acceptors (Lipinski definition) is 0. The molecule has 16 heavy (non-hydrogen) atoms. The van der Waals surface area contributed by atoms with Gasteiger partial charge in [-0.05, 0) is 54.4 Å². The van der Waals surface area contributed by atoms with Crippen LogP contribution in [-0.2, 0) is 0 Å². The van der Waals surface area contributed by atoms with Gasteiger partial charge in [0.1, 0.15) is 0 Å². The quantitative estimate of drug-likeness (QED) is 0.632. The lowest BCUT2D eigenvalue weighted by Gasteiger charge is -2.15. The van der Waals surface area contributed by atoms with E-state index in [1.165, 1.54) is 17.5 Å². The fourth-order valence-corrected chi connectivity index (χ4v) is 3.24. The van der Waals surface area contributed by atoms with Crippen molar-refractivity contribution >= 4 is 23.2 Å². The number of halogens is 2. The summed E-state index contributed by atoms with van der Waals surface area (Å²) in [5.74, 6) is 0.564. The maximum absolute atomic E-state index is 6.53. The summed E-state index contributed by atoms with van der Waals surface area (Å²) in [5.41, 5.74) is 3.98. The summed E-state index contributed by atoms with van der Waals surface area (Å²) in [5, 5.41) is 0.868. The van der Waals surface area contributed by atoms with Gasteiger partial charge in [-0.25, -0.2) is 0 Å². The van der Waals surface area contributed by atoms with Gasteiger partial charge in [0.25, 0.3) is 0 Å². The maximum Gasteiger partial charge on any atom is 0.0633 e. The molecule has 0 spiro atoms. The van der Waals surface area contributed by atoms with Crippen LogP contribution in [0.2, 0.25) is 5.02 Å². The van der Waals surface area contributed by atoms with Crippen LogP contribution in [0.3, 0.4) is 0 Å². The normalized spacial score (nSPS) is 24.2. The lowest BCUT2D eigenvalue weighted by molar-refractivity contribution is 0.548. The van der Waals surface area contributed by atoms with Crippen molar-refractivity contribution in [3.63, 3.8) is 0 Å². The maximum atomic E-state index is 6.53. The van der Waals surface area contributed by atoms with Gasteiger partial charge in [0, 0.05) is 5.02 Å². The molecule has 0 nitrogen and oxygen atoms in total. The summed E-state index contributed by atoms with van der Waals surface area (Å²) >= 11 is 12.8. The Kier molecular flexibility index (Phi) is 3.01. The van der Waals surface area contributed by atoms with E-state index in [1.807, 2.05) is 6.07 Å². The summed E-state index contributed by atoms with van der Waals surface area (Å²) < 4.78 is 0. The highest BCUT2D eigenvalue weighted by atomic mass is 35.5. The molecule has 2 heteroatoms. The monoisotopic (exact) mass is 256 g/mol. The zero-order chi connectivity index (χ0) is 12.1. The number of aryl methyl sites for hydroxylation is 2. The van der Waals surface area contributed by atoms with Gasteiger partial charge in [0.15, 0.2) is 0 Å². The zero-order valence-corrected chi connectivity index (χ0v) is 11.8. The van der Waals surface area contributed by atoms with Crippen molar-refractivity contribution in [2.75, 3.05) is 0 Å². The Bertz CT molecular complexity index is 421. The highest BCUT2D eigenvalue weighted by Crippen LogP contribution is 2.60. The van der Waals surface area contributed by atoms with E-state index >= 15 is 0 Å². The van der Waals surface area contributed by atoms with Gasteiger partial charge >= 0.3 is 0 Å². The third-order valence-electron chi connectivity index (χ3n) is 3.85. The Morgan fingerprint density at radius 3 is 2.25 bits per heavy atom. The smallest absolute Gasteiger partial charge is 0.0633 e. The molecule has 1 aromatic carbocycles. The number of rotatable bonds is 2. The highest BCUT2D eigenvalue weighted by Gasteiger charge is 2.50. The second-order valence-electron chi connectivity index (χ2n) is 5.66. The van der Waals surface area contributed by atoms with Crippen molar-refractivity contribution in [3.05, 3.63) is 33.8 Å². The predicted octanol–water partition coefficient (Wildman–Crippen LogP) is 5.28. The lowest BCUT2D eigenvalue weighted by Crippen LogP contribution is -2.01. The van der Waals surface area contributed by atoms with Crippen molar-refractivity contribution in [1.82, 2.24) is 0 Å². The number of benzene rings is 1. The van der Waals surface area contributed by atoms with Crippen molar-refractivity contribution in [3.8, 4) is 0 Å². The fourth-order valence-electron chi connectivity index (χ4n) is 2.24. The van der Waals surface area contributed by atoms with Crippen molar-refractivity contribution in [2.24, 2.45) is 11.3 Å². The molecular weight excluding hydrogens is 239 g/mol. The van der Waals surface area contributed by atoms with Crippen LogP contribution >= 0.6 is 23.2 Å². The lowest BCUT2D eigenvalue weighted by atomic mass is 9.99. The molecular formula is C14H18Cl2. The molecule has 0 aromatic heterocycles. The highest BCUT2D eigenvalue weighted by molar-refractivity contribution is 6.33. The molecule has 0 saturated heterocycles. The molecule has 0 heterocycles. The van der Waals surface area contributed by atoms with Gasteiger partial charge in [0.2, 0.25) is 0 Å². The van der Waals surface area contributed by atoms with Gasteiger partial charge in [0.05, 0.1) is 5.38 Å². The second kappa shape index (κ2) is 3.92. The fraction of sp³-hybridized carbons (Fsp3) is 0.571. The van der Waals surface area contributed by atoms with E-state index in [1.54, 1.807) is 0 Å². The van der Waals surface area contributed by atoms with Crippen LogP contribution in [-0.4, -0.2) is 0 Å². The topological polar surface area (TPSA) is 0 Å². The molecule has 2 unspecified atom stereocenters. The second-order valence-corrected chi connectivity index (χ2v) is 6.54. The molecule has 2 rings (SSSR count). The van der Waals surface area contributed by atoms with Crippen LogP contribution in [0.25, 0.3) is 0 Å². The average Bonchev–Trinajstić information content (AvgIpc) is 2.80. The average molecular weight is 257 g/mol. The number of alkyl halides is 1. The van der Waals surface area contributed by atoms with Gasteiger partial charge < -0.3 is 0 Å². The van der Waals surface area contributed by atoms with Gasteiger partial charge in [-0.3, -0.25) is 0 Å². The van der Waals surface area contributed by atoms with Crippen LogP contribution < -0.4 is 0 Å². The summed E-state index contributed by atoms with van der Waals surface area (Å²) in [6.45, 7) is 8.72. The Morgan fingerprint density at radius 2 is 1.75 bits per heavy atom. The predicted molar refractivity (Wildman–Crippen MR) is 71.4 cm³/mol. The molecule has 0 radical (unpaired) electrons. The molecule has 0 N–H and O–H groups in total. The van der Waals surface area contributed by atoms with Gasteiger partial charge in [-0.15, -0.1) is 11.6 Å². The molecule has 2 atom stereocenters.